The third kappa shape index (κ3) is 4.20. The highest BCUT2D eigenvalue weighted by molar-refractivity contribution is 5.75. The van der Waals surface area contributed by atoms with E-state index in [9.17, 15) is 14.7 Å². The van der Waals surface area contributed by atoms with Crippen LogP contribution in [0.15, 0.2) is 0 Å². The molecule has 1 fully saturated rings. The fourth-order valence-corrected chi connectivity index (χ4v) is 1.59. The lowest BCUT2D eigenvalue weighted by Crippen LogP contribution is -2.49. The van der Waals surface area contributed by atoms with Crippen molar-refractivity contribution in [3.8, 4) is 0 Å². The fourth-order valence-electron chi connectivity index (χ4n) is 1.59. The lowest BCUT2D eigenvalue weighted by atomic mass is 10.2. The number of nitrogens with zero attached hydrogens (tertiary/aromatic N) is 1. The zero-order chi connectivity index (χ0) is 13.2. The van der Waals surface area contributed by atoms with Gasteiger partial charge < -0.3 is 14.9 Å². The highest BCUT2D eigenvalue weighted by Gasteiger charge is 2.37. The first-order valence-electron chi connectivity index (χ1n) is 5.36. The van der Waals surface area contributed by atoms with E-state index in [4.69, 9.17) is 9.84 Å². The summed E-state index contributed by atoms with van der Waals surface area (Å²) >= 11 is 0. The smallest absolute Gasteiger partial charge is 0.422 e. The summed E-state index contributed by atoms with van der Waals surface area (Å²) in [7, 11) is 0. The highest BCUT2D eigenvalue weighted by atomic mass is 16.6. The molecule has 1 amide bonds. The van der Waals surface area contributed by atoms with Crippen LogP contribution in [0.3, 0.4) is 0 Å². The van der Waals surface area contributed by atoms with E-state index in [1.165, 1.54) is 5.01 Å². The number of rotatable bonds is 2. The van der Waals surface area contributed by atoms with E-state index < -0.39 is 29.8 Å². The number of hydrogen-bond acceptors (Lipinski definition) is 5. The first-order valence-corrected chi connectivity index (χ1v) is 5.36. The van der Waals surface area contributed by atoms with Crippen molar-refractivity contribution in [3.05, 3.63) is 0 Å². The van der Waals surface area contributed by atoms with Gasteiger partial charge in [0, 0.05) is 13.0 Å². The summed E-state index contributed by atoms with van der Waals surface area (Å²) in [5, 5.41) is 19.5. The zero-order valence-electron chi connectivity index (χ0n) is 10.1. The molecule has 0 aromatic rings. The monoisotopic (exact) mass is 246 g/mol. The molecule has 3 N–H and O–H groups in total. The van der Waals surface area contributed by atoms with E-state index in [1.54, 1.807) is 20.8 Å². The van der Waals surface area contributed by atoms with Crippen molar-refractivity contribution in [2.75, 3.05) is 6.54 Å². The quantitative estimate of drug-likeness (QED) is 0.631. The molecule has 1 heterocycles. The Balaban J connectivity index is 2.55. The van der Waals surface area contributed by atoms with Gasteiger partial charge in [0.2, 0.25) is 0 Å². The Bertz CT molecular complexity index is 312. The summed E-state index contributed by atoms with van der Waals surface area (Å²) < 4.78 is 5.00. The molecule has 0 radical (unpaired) electrons. The second kappa shape index (κ2) is 4.89. The minimum absolute atomic E-state index is 0.0796. The van der Waals surface area contributed by atoms with Gasteiger partial charge in [-0.15, -0.1) is 0 Å². The van der Waals surface area contributed by atoms with E-state index in [-0.39, 0.29) is 13.0 Å². The molecular formula is C10H18N2O5. The van der Waals surface area contributed by atoms with Gasteiger partial charge in [-0.1, -0.05) is 0 Å². The van der Waals surface area contributed by atoms with Gasteiger partial charge in [-0.05, 0) is 20.8 Å². The number of hydrogen-bond donors (Lipinski definition) is 3. The number of carbonyl (C=O) groups is 2. The normalized spacial score (nSPS) is 25.6. The van der Waals surface area contributed by atoms with Crippen LogP contribution in [0, 0.1) is 0 Å². The van der Waals surface area contributed by atoms with Crippen LogP contribution in [0.2, 0.25) is 0 Å². The Labute approximate surface area is 99.3 Å². The van der Waals surface area contributed by atoms with E-state index in [2.05, 4.69) is 5.43 Å². The molecule has 7 heteroatoms. The number of carboxylic acids is 1. The standard InChI is InChI=1S/C10H18N2O5/c1-10(2,3)17-9(16)11-12-5-6(13)4-7(12)8(14)15/h6-7,13H,4-5H2,1-3H3,(H,11,16)(H,14,15)/t6?,7-/m0/s1. The van der Waals surface area contributed by atoms with Crippen molar-refractivity contribution < 1.29 is 24.5 Å². The number of hydrazine groups is 1. The van der Waals surface area contributed by atoms with Crippen molar-refractivity contribution in [1.29, 1.82) is 0 Å². The molecule has 0 bridgehead atoms. The first-order chi connectivity index (χ1) is 7.69. The summed E-state index contributed by atoms with van der Waals surface area (Å²) in [6.07, 6.45) is -1.39. The third-order valence-electron chi connectivity index (χ3n) is 2.20. The summed E-state index contributed by atoms with van der Waals surface area (Å²) in [4.78, 5) is 22.3. The van der Waals surface area contributed by atoms with E-state index >= 15 is 0 Å². The Hall–Kier alpha value is -1.34. The Morgan fingerprint density at radius 2 is 2.00 bits per heavy atom. The van der Waals surface area contributed by atoms with Gasteiger partial charge in [-0.2, -0.15) is 0 Å². The highest BCUT2D eigenvalue weighted by Crippen LogP contribution is 2.16. The molecule has 0 aromatic heterocycles. The summed E-state index contributed by atoms with van der Waals surface area (Å²) in [6.45, 7) is 5.20. The zero-order valence-corrected chi connectivity index (χ0v) is 10.1. The molecule has 0 aromatic carbocycles. The van der Waals surface area contributed by atoms with Crippen molar-refractivity contribution in [1.82, 2.24) is 10.4 Å². The van der Waals surface area contributed by atoms with Crippen molar-refractivity contribution in [3.63, 3.8) is 0 Å². The van der Waals surface area contributed by atoms with E-state index in [0.717, 1.165) is 0 Å². The predicted octanol–water partition coefficient (Wildman–Crippen LogP) is -0.0541. The van der Waals surface area contributed by atoms with Gasteiger partial charge in [0.1, 0.15) is 11.6 Å². The number of aliphatic carboxylic acids is 1. The van der Waals surface area contributed by atoms with Crippen molar-refractivity contribution in [2.45, 2.75) is 44.9 Å². The van der Waals surface area contributed by atoms with Crippen molar-refractivity contribution in [2.24, 2.45) is 0 Å². The Morgan fingerprint density at radius 3 is 2.47 bits per heavy atom. The minimum atomic E-state index is -1.09. The molecule has 1 aliphatic heterocycles. The maximum Gasteiger partial charge on any atom is 0.422 e. The molecule has 1 rings (SSSR count). The van der Waals surface area contributed by atoms with Crippen molar-refractivity contribution >= 4 is 12.1 Å². The number of β-amino-alcohol motifs (C(OH)–C–C–N with tert-alkyl or cyclic N) is 1. The Morgan fingerprint density at radius 1 is 1.41 bits per heavy atom. The lowest BCUT2D eigenvalue weighted by molar-refractivity contribution is -0.143. The molecule has 1 saturated heterocycles. The SMILES string of the molecule is CC(C)(C)OC(=O)NN1CC(O)C[C@H]1C(=O)O. The average Bonchev–Trinajstić information content (AvgIpc) is 2.42. The predicted molar refractivity (Wildman–Crippen MR) is 58.1 cm³/mol. The number of carboxylic acid groups (broad SMARTS) is 1. The molecule has 0 aliphatic carbocycles. The van der Waals surface area contributed by atoms with Crippen LogP contribution in [0.4, 0.5) is 4.79 Å². The second-order valence-electron chi connectivity index (χ2n) is 5.01. The van der Waals surface area contributed by atoms with Gasteiger partial charge >= 0.3 is 12.1 Å². The van der Waals surface area contributed by atoms with Crippen LogP contribution in [0.5, 0.6) is 0 Å². The van der Waals surface area contributed by atoms with Gasteiger partial charge in [-0.25, -0.2) is 9.80 Å². The van der Waals surface area contributed by atoms with Gasteiger partial charge in [0.05, 0.1) is 6.10 Å². The average molecular weight is 246 g/mol. The molecule has 2 atom stereocenters. The van der Waals surface area contributed by atoms with Crippen LogP contribution < -0.4 is 5.43 Å². The van der Waals surface area contributed by atoms with Crippen LogP contribution >= 0.6 is 0 Å². The topological polar surface area (TPSA) is 99.1 Å². The van der Waals surface area contributed by atoms with Crippen LogP contribution in [-0.4, -0.2) is 51.6 Å². The summed E-state index contributed by atoms with van der Waals surface area (Å²) in [6, 6.07) is -0.919. The molecule has 1 aliphatic rings. The fraction of sp³-hybridized carbons (Fsp3) is 0.800. The molecule has 0 spiro atoms. The van der Waals surface area contributed by atoms with Crippen LogP contribution in [0.25, 0.3) is 0 Å². The van der Waals surface area contributed by atoms with Gasteiger partial charge in [0.25, 0.3) is 0 Å². The maximum absolute atomic E-state index is 11.4. The first kappa shape index (κ1) is 13.7. The second-order valence-corrected chi connectivity index (χ2v) is 5.01. The number of nitrogens with one attached hydrogen (secondary N) is 1. The van der Waals surface area contributed by atoms with Gasteiger partial charge in [-0.3, -0.25) is 10.2 Å². The number of carbonyl (C=O) groups excluding carboxylic acids is 1. The van der Waals surface area contributed by atoms with E-state index in [1.807, 2.05) is 0 Å². The Kier molecular flexibility index (Phi) is 3.94. The summed E-state index contributed by atoms with van der Waals surface area (Å²) in [5.74, 6) is -1.09. The number of amides is 1. The molecule has 98 valence electrons. The minimum Gasteiger partial charge on any atom is -0.480 e. The van der Waals surface area contributed by atoms with E-state index in [0.29, 0.717) is 0 Å². The molecular weight excluding hydrogens is 228 g/mol. The van der Waals surface area contributed by atoms with Gasteiger partial charge in [0.15, 0.2) is 0 Å². The summed E-state index contributed by atoms with van der Waals surface area (Å²) in [5.41, 5.74) is 1.68. The van der Waals surface area contributed by atoms with Crippen LogP contribution in [-0.2, 0) is 9.53 Å². The number of ether oxygens (including phenoxy) is 1. The third-order valence-corrected chi connectivity index (χ3v) is 2.20. The molecule has 1 unspecified atom stereocenters. The molecule has 7 nitrogen and oxygen atoms in total. The maximum atomic E-state index is 11.4. The number of aliphatic hydroxyl groups excluding tert-OH is 1. The largest absolute Gasteiger partial charge is 0.480 e. The lowest BCUT2D eigenvalue weighted by Gasteiger charge is -2.25. The molecule has 0 saturated carbocycles. The number of aliphatic hydroxyl groups is 1. The molecule has 17 heavy (non-hydrogen) atoms. The van der Waals surface area contributed by atoms with Crippen LogP contribution in [0.1, 0.15) is 27.2 Å².